The molecule has 0 radical (unpaired) electrons. The fourth-order valence-corrected chi connectivity index (χ4v) is 3.82. The number of anilines is 1. The molecule has 3 aromatic rings. The summed E-state index contributed by atoms with van der Waals surface area (Å²) in [5, 5.41) is 20.5. The maximum Gasteiger partial charge on any atom is 0.343 e. The number of nitro benzene ring substituents is 1. The maximum atomic E-state index is 12.6. The van der Waals surface area contributed by atoms with Gasteiger partial charge in [-0.1, -0.05) is 24.3 Å². The van der Waals surface area contributed by atoms with Crippen LogP contribution < -0.4 is 9.64 Å². The third-order valence-electron chi connectivity index (χ3n) is 5.52. The Bertz CT molecular complexity index is 1180. The van der Waals surface area contributed by atoms with Crippen molar-refractivity contribution < 1.29 is 14.5 Å². The summed E-state index contributed by atoms with van der Waals surface area (Å²) in [6.07, 6.45) is 3.12. The van der Waals surface area contributed by atoms with E-state index in [2.05, 4.69) is 6.07 Å². The quantitative estimate of drug-likeness (QED) is 0.236. The Kier molecular flexibility index (Phi) is 6.13. The molecule has 3 aromatic carbocycles. The van der Waals surface area contributed by atoms with Gasteiger partial charge in [0.25, 0.3) is 5.69 Å². The lowest BCUT2D eigenvalue weighted by atomic mass is 10.0. The number of esters is 1. The Hall–Kier alpha value is -4.18. The molecular formula is C25H21N3O4. The molecule has 1 aliphatic heterocycles. The minimum atomic E-state index is -0.649. The van der Waals surface area contributed by atoms with E-state index in [-0.39, 0.29) is 11.3 Å². The molecule has 4 rings (SSSR count). The molecule has 1 heterocycles. The Morgan fingerprint density at radius 2 is 1.56 bits per heavy atom. The minimum absolute atomic E-state index is 0.0856. The van der Waals surface area contributed by atoms with Crippen molar-refractivity contribution in [1.82, 2.24) is 0 Å². The van der Waals surface area contributed by atoms with E-state index in [1.807, 2.05) is 29.2 Å². The Morgan fingerprint density at radius 3 is 2.16 bits per heavy atom. The van der Waals surface area contributed by atoms with Gasteiger partial charge in [-0.15, -0.1) is 0 Å². The van der Waals surface area contributed by atoms with E-state index in [0.717, 1.165) is 43.5 Å². The molecule has 7 nitrogen and oxygen atoms in total. The fraction of sp³-hybridized carbons (Fsp3) is 0.200. The highest BCUT2D eigenvalue weighted by molar-refractivity contribution is 5.93. The van der Waals surface area contributed by atoms with Gasteiger partial charge >= 0.3 is 5.97 Å². The molecule has 0 aromatic heterocycles. The third kappa shape index (κ3) is 4.60. The molecule has 1 saturated heterocycles. The Labute approximate surface area is 185 Å². The first-order chi connectivity index (χ1) is 15.5. The van der Waals surface area contributed by atoms with Crippen LogP contribution in [0.1, 0.15) is 35.2 Å². The normalized spacial score (nSPS) is 13.3. The molecule has 0 unspecified atom stereocenters. The van der Waals surface area contributed by atoms with Crippen molar-refractivity contribution in [2.45, 2.75) is 19.3 Å². The van der Waals surface area contributed by atoms with Gasteiger partial charge in [-0.2, -0.15) is 5.26 Å². The number of carbonyl (C=O) groups is 1. The van der Waals surface area contributed by atoms with Gasteiger partial charge in [-0.3, -0.25) is 10.1 Å². The van der Waals surface area contributed by atoms with Gasteiger partial charge in [0.2, 0.25) is 0 Å². The number of ether oxygens (including phenoxy) is 1. The van der Waals surface area contributed by atoms with Crippen LogP contribution in [-0.2, 0) is 0 Å². The van der Waals surface area contributed by atoms with Crippen molar-refractivity contribution in [2.75, 3.05) is 18.0 Å². The van der Waals surface area contributed by atoms with Crippen LogP contribution in [0.3, 0.4) is 0 Å². The van der Waals surface area contributed by atoms with Crippen molar-refractivity contribution in [2.24, 2.45) is 0 Å². The van der Waals surface area contributed by atoms with Gasteiger partial charge in [0.15, 0.2) is 0 Å². The monoisotopic (exact) mass is 427 g/mol. The van der Waals surface area contributed by atoms with Gasteiger partial charge in [0, 0.05) is 19.2 Å². The second-order valence-corrected chi connectivity index (χ2v) is 7.61. The number of nitro groups is 1. The Morgan fingerprint density at radius 1 is 0.938 bits per heavy atom. The van der Waals surface area contributed by atoms with E-state index in [0.29, 0.717) is 17.0 Å². The molecule has 1 aliphatic rings. The van der Waals surface area contributed by atoms with E-state index in [4.69, 9.17) is 10.00 Å². The van der Waals surface area contributed by atoms with Gasteiger partial charge in [-0.25, -0.2) is 4.79 Å². The zero-order valence-corrected chi connectivity index (χ0v) is 17.4. The number of benzene rings is 3. The van der Waals surface area contributed by atoms with Crippen LogP contribution in [0.15, 0.2) is 66.7 Å². The fourth-order valence-electron chi connectivity index (χ4n) is 3.82. The first kappa shape index (κ1) is 21.1. The van der Waals surface area contributed by atoms with Crippen LogP contribution in [0.25, 0.3) is 11.1 Å². The number of hydrogen-bond acceptors (Lipinski definition) is 6. The summed E-state index contributed by atoms with van der Waals surface area (Å²) in [6.45, 7) is 1.55. The zero-order valence-electron chi connectivity index (χ0n) is 17.4. The average Bonchev–Trinajstić information content (AvgIpc) is 2.84. The van der Waals surface area contributed by atoms with Gasteiger partial charge in [0.1, 0.15) is 11.4 Å². The topological polar surface area (TPSA) is 96.5 Å². The number of piperidine rings is 1. The predicted molar refractivity (Wildman–Crippen MR) is 121 cm³/mol. The van der Waals surface area contributed by atoms with Crippen LogP contribution in [0.4, 0.5) is 11.4 Å². The highest BCUT2D eigenvalue weighted by Gasteiger charge is 2.23. The number of rotatable bonds is 5. The number of carbonyl (C=O) groups excluding carboxylic acids is 1. The summed E-state index contributed by atoms with van der Waals surface area (Å²) in [6, 6.07) is 20.7. The number of nitrogens with zero attached hydrogens (tertiary/aromatic N) is 3. The van der Waals surface area contributed by atoms with E-state index in [1.54, 1.807) is 36.4 Å². The summed E-state index contributed by atoms with van der Waals surface area (Å²) in [5.74, 6) is -0.306. The average molecular weight is 427 g/mol. The maximum absolute atomic E-state index is 12.6. The molecule has 0 saturated carbocycles. The number of hydrogen-bond donors (Lipinski definition) is 0. The third-order valence-corrected chi connectivity index (χ3v) is 5.52. The SMILES string of the molecule is N#Cc1ccc(-c2ccc(OC(=O)c3ccc(N4CCCCC4)c([N+](=O)[O-])c3)cc2)cc1. The van der Waals surface area contributed by atoms with Gasteiger partial charge in [0.05, 0.1) is 22.1 Å². The van der Waals surface area contributed by atoms with Gasteiger partial charge in [-0.05, 0) is 66.8 Å². The van der Waals surface area contributed by atoms with Crippen molar-refractivity contribution in [3.05, 3.63) is 88.0 Å². The largest absolute Gasteiger partial charge is 0.423 e. The van der Waals surface area contributed by atoms with Crippen molar-refractivity contribution in [3.8, 4) is 22.9 Å². The lowest BCUT2D eigenvalue weighted by molar-refractivity contribution is -0.384. The van der Waals surface area contributed by atoms with Crippen molar-refractivity contribution in [3.63, 3.8) is 0 Å². The summed E-state index contributed by atoms with van der Waals surface area (Å²) in [5.41, 5.74) is 3.02. The van der Waals surface area contributed by atoms with E-state index >= 15 is 0 Å². The second kappa shape index (κ2) is 9.31. The van der Waals surface area contributed by atoms with Gasteiger partial charge < -0.3 is 9.64 Å². The van der Waals surface area contributed by atoms with Crippen molar-refractivity contribution >= 4 is 17.3 Å². The summed E-state index contributed by atoms with van der Waals surface area (Å²) < 4.78 is 5.43. The molecule has 0 atom stereocenters. The molecular weight excluding hydrogens is 406 g/mol. The van der Waals surface area contributed by atoms with Crippen LogP contribution in [-0.4, -0.2) is 24.0 Å². The standard InChI is InChI=1S/C25H21N3O4/c26-17-18-4-6-19(7-5-18)20-8-11-22(12-9-20)32-25(29)21-10-13-23(24(16-21)28(30)31)27-14-2-1-3-15-27/h4-13,16H,1-3,14-15H2. The highest BCUT2D eigenvalue weighted by atomic mass is 16.6. The molecule has 0 spiro atoms. The first-order valence-corrected chi connectivity index (χ1v) is 10.4. The predicted octanol–water partition coefficient (Wildman–Crippen LogP) is 5.34. The lowest BCUT2D eigenvalue weighted by Gasteiger charge is -2.28. The molecule has 7 heteroatoms. The molecule has 0 N–H and O–H groups in total. The first-order valence-electron chi connectivity index (χ1n) is 10.4. The summed E-state index contributed by atoms with van der Waals surface area (Å²) >= 11 is 0. The molecule has 0 bridgehead atoms. The van der Waals surface area contributed by atoms with Crippen LogP contribution in [0.5, 0.6) is 5.75 Å². The minimum Gasteiger partial charge on any atom is -0.423 e. The summed E-state index contributed by atoms with van der Waals surface area (Å²) in [4.78, 5) is 25.8. The smallest absolute Gasteiger partial charge is 0.343 e. The molecule has 0 aliphatic carbocycles. The molecule has 0 amide bonds. The van der Waals surface area contributed by atoms with Crippen LogP contribution in [0, 0.1) is 21.4 Å². The molecule has 1 fully saturated rings. The zero-order chi connectivity index (χ0) is 22.5. The second-order valence-electron chi connectivity index (χ2n) is 7.61. The van der Waals surface area contributed by atoms with E-state index < -0.39 is 10.9 Å². The summed E-state index contributed by atoms with van der Waals surface area (Å²) in [7, 11) is 0. The van der Waals surface area contributed by atoms with E-state index in [9.17, 15) is 14.9 Å². The number of nitriles is 1. The van der Waals surface area contributed by atoms with Crippen LogP contribution >= 0.6 is 0 Å². The van der Waals surface area contributed by atoms with E-state index in [1.165, 1.54) is 6.07 Å². The molecule has 160 valence electrons. The Balaban J connectivity index is 1.50. The van der Waals surface area contributed by atoms with Crippen LogP contribution in [0.2, 0.25) is 0 Å². The molecule has 32 heavy (non-hydrogen) atoms. The van der Waals surface area contributed by atoms with Crippen molar-refractivity contribution in [1.29, 1.82) is 5.26 Å². The highest BCUT2D eigenvalue weighted by Crippen LogP contribution is 2.32. The lowest BCUT2D eigenvalue weighted by Crippen LogP contribution is -2.30.